The number of aromatic nitrogens is 3. The number of halogens is 1. The SMILES string of the molecule is COc1cc2nc3c(cc2c(OC)c1OC)CN(Cc1n[nH]c(C)c1Cl)CCN(C(=O)CC1CCCC1)CCC(=O)NCC1CCCN3C1. The van der Waals surface area contributed by atoms with Gasteiger partial charge >= 0.3 is 0 Å². The molecular formula is C36H50ClN7O5. The van der Waals surface area contributed by atoms with Gasteiger partial charge < -0.3 is 29.3 Å². The topological polar surface area (TPSA) is 125 Å². The molecule has 1 saturated heterocycles. The molecule has 13 heteroatoms. The number of carbonyl (C=O) groups excluding carboxylic acids is 2. The molecule has 2 amide bonds. The number of anilines is 1. The molecule has 4 heterocycles. The summed E-state index contributed by atoms with van der Waals surface area (Å²) in [5, 5.41) is 12.2. The fourth-order valence-corrected chi connectivity index (χ4v) is 7.82. The molecule has 6 rings (SSSR count). The van der Waals surface area contributed by atoms with Crippen molar-refractivity contribution in [3.05, 3.63) is 34.1 Å². The van der Waals surface area contributed by atoms with Gasteiger partial charge in [-0.25, -0.2) is 4.98 Å². The number of rotatable bonds is 7. The largest absolute Gasteiger partial charge is 0.493 e. The summed E-state index contributed by atoms with van der Waals surface area (Å²) in [7, 11) is 4.84. The number of H-pyrrole nitrogens is 1. The Bertz CT molecular complexity index is 1640. The maximum atomic E-state index is 13.7. The quantitative estimate of drug-likeness (QED) is 0.348. The van der Waals surface area contributed by atoms with Crippen LogP contribution in [-0.2, 0) is 22.7 Å². The van der Waals surface area contributed by atoms with E-state index in [4.69, 9.17) is 30.8 Å². The lowest BCUT2D eigenvalue weighted by Gasteiger charge is -2.35. The summed E-state index contributed by atoms with van der Waals surface area (Å²) >= 11 is 6.71. The van der Waals surface area contributed by atoms with Crippen molar-refractivity contribution in [3.63, 3.8) is 0 Å². The van der Waals surface area contributed by atoms with Crippen molar-refractivity contribution >= 4 is 40.1 Å². The summed E-state index contributed by atoms with van der Waals surface area (Å²) in [5.41, 5.74) is 3.32. The van der Waals surface area contributed by atoms with Crippen LogP contribution in [0.4, 0.5) is 5.82 Å². The van der Waals surface area contributed by atoms with Crippen molar-refractivity contribution in [1.82, 2.24) is 30.3 Å². The Morgan fingerprint density at radius 2 is 1.80 bits per heavy atom. The molecule has 2 aromatic heterocycles. The van der Waals surface area contributed by atoms with E-state index in [1.807, 2.05) is 17.9 Å². The molecule has 266 valence electrons. The van der Waals surface area contributed by atoms with Gasteiger partial charge in [-0.2, -0.15) is 5.10 Å². The molecule has 3 aromatic rings. The predicted molar refractivity (Wildman–Crippen MR) is 190 cm³/mol. The Balaban J connectivity index is 1.42. The highest BCUT2D eigenvalue weighted by atomic mass is 35.5. The summed E-state index contributed by atoms with van der Waals surface area (Å²) in [6.07, 6.45) is 7.39. The summed E-state index contributed by atoms with van der Waals surface area (Å²) in [6.45, 7) is 6.56. The Hall–Kier alpha value is -3.77. The number of nitrogens with one attached hydrogen (secondary N) is 2. The van der Waals surface area contributed by atoms with E-state index in [1.165, 1.54) is 12.8 Å². The second kappa shape index (κ2) is 15.8. The van der Waals surface area contributed by atoms with Gasteiger partial charge in [-0.05, 0) is 50.5 Å². The van der Waals surface area contributed by atoms with Gasteiger partial charge in [-0.3, -0.25) is 19.6 Å². The van der Waals surface area contributed by atoms with Crippen molar-refractivity contribution in [2.75, 3.05) is 65.5 Å². The lowest BCUT2D eigenvalue weighted by Crippen LogP contribution is -2.42. The van der Waals surface area contributed by atoms with Crippen LogP contribution in [-0.4, -0.2) is 97.4 Å². The lowest BCUT2D eigenvalue weighted by molar-refractivity contribution is -0.133. The van der Waals surface area contributed by atoms with Crippen molar-refractivity contribution in [3.8, 4) is 17.2 Å². The third-order valence-corrected chi connectivity index (χ3v) is 10.9. The molecule has 1 atom stereocenters. The smallest absolute Gasteiger partial charge is 0.222 e. The molecule has 3 aliphatic rings. The molecule has 2 N–H and O–H groups in total. The van der Waals surface area contributed by atoms with E-state index in [0.29, 0.717) is 73.9 Å². The second-order valence-electron chi connectivity index (χ2n) is 13.7. The molecule has 49 heavy (non-hydrogen) atoms. The molecule has 12 nitrogen and oxygen atoms in total. The van der Waals surface area contributed by atoms with Crippen LogP contribution in [0.5, 0.6) is 17.2 Å². The van der Waals surface area contributed by atoms with Crippen molar-refractivity contribution < 1.29 is 23.8 Å². The molecule has 2 aliphatic heterocycles. The molecular weight excluding hydrogens is 646 g/mol. The van der Waals surface area contributed by atoms with Gasteiger partial charge in [0.15, 0.2) is 11.5 Å². The summed E-state index contributed by atoms with van der Waals surface area (Å²) in [4.78, 5) is 38.6. The average molecular weight is 696 g/mol. The number of benzene rings is 1. The van der Waals surface area contributed by atoms with Crippen molar-refractivity contribution in [2.45, 2.75) is 71.4 Å². The van der Waals surface area contributed by atoms with Crippen LogP contribution in [0.15, 0.2) is 12.1 Å². The average Bonchev–Trinajstić information content (AvgIpc) is 3.74. The number of carbonyl (C=O) groups is 2. The zero-order valence-corrected chi connectivity index (χ0v) is 30.0. The van der Waals surface area contributed by atoms with Gasteiger partial charge in [0.2, 0.25) is 17.6 Å². The number of aryl methyl sites for hydroxylation is 1. The van der Waals surface area contributed by atoms with Crippen LogP contribution in [0.25, 0.3) is 10.9 Å². The third-order valence-electron chi connectivity index (χ3n) is 10.4. The maximum absolute atomic E-state index is 13.7. The summed E-state index contributed by atoms with van der Waals surface area (Å²) < 4.78 is 17.3. The monoisotopic (exact) mass is 695 g/mol. The minimum absolute atomic E-state index is 0.0149. The summed E-state index contributed by atoms with van der Waals surface area (Å²) in [6, 6.07) is 4.04. The first-order valence-corrected chi connectivity index (χ1v) is 18.0. The molecule has 2 bridgehead atoms. The van der Waals surface area contributed by atoms with Gasteiger partial charge in [0.05, 0.1) is 43.3 Å². The maximum Gasteiger partial charge on any atom is 0.222 e. The predicted octanol–water partition coefficient (Wildman–Crippen LogP) is 5.09. The molecule has 1 aliphatic carbocycles. The van der Waals surface area contributed by atoms with E-state index in [0.717, 1.165) is 72.4 Å². The molecule has 1 aromatic carbocycles. The van der Waals surface area contributed by atoms with Gasteiger partial charge in [-0.1, -0.05) is 24.4 Å². The lowest BCUT2D eigenvalue weighted by atomic mass is 9.97. The van der Waals surface area contributed by atoms with Crippen LogP contribution in [0, 0.1) is 18.8 Å². The standard InChI is InChI=1S/C36H50ClN7O5/c1-23-33(37)29(41-40-23)22-42-14-15-43(32(46)16-24-8-5-6-9-24)13-11-31(45)38-19-25-10-7-12-44(20-25)36-26(21-42)17-27-28(39-36)18-30(47-2)35(49-4)34(27)48-3/h17-18,24-25H,5-16,19-22H2,1-4H3,(H,38,45)(H,40,41). The van der Waals surface area contributed by atoms with E-state index in [2.05, 4.69) is 31.4 Å². The number of hydrogen-bond acceptors (Lipinski definition) is 9. The fraction of sp³-hybridized carbons (Fsp3) is 0.611. The number of nitrogens with zero attached hydrogens (tertiary/aromatic N) is 5. The van der Waals surface area contributed by atoms with Gasteiger partial charge in [0, 0.05) is 82.2 Å². The highest BCUT2D eigenvalue weighted by molar-refractivity contribution is 6.31. The minimum Gasteiger partial charge on any atom is -0.493 e. The fourth-order valence-electron chi connectivity index (χ4n) is 7.67. The Kier molecular flexibility index (Phi) is 11.3. The Labute approximate surface area is 293 Å². The Morgan fingerprint density at radius 3 is 2.51 bits per heavy atom. The van der Waals surface area contributed by atoms with Crippen LogP contribution in [0.1, 0.15) is 68.3 Å². The van der Waals surface area contributed by atoms with Gasteiger partial charge in [0.1, 0.15) is 5.82 Å². The second-order valence-corrected chi connectivity index (χ2v) is 14.1. The molecule has 1 saturated carbocycles. The molecule has 2 fully saturated rings. The highest BCUT2D eigenvalue weighted by Crippen LogP contribution is 2.44. The Morgan fingerprint density at radius 1 is 1.00 bits per heavy atom. The zero-order valence-electron chi connectivity index (χ0n) is 29.3. The number of pyridine rings is 1. The minimum atomic E-state index is -0.0149. The number of piperidine rings is 1. The molecule has 0 spiro atoms. The van der Waals surface area contributed by atoms with Crippen LogP contribution >= 0.6 is 11.6 Å². The number of aromatic amines is 1. The number of amides is 2. The normalized spacial score (nSPS) is 20.0. The van der Waals surface area contributed by atoms with Gasteiger partial charge in [0.25, 0.3) is 0 Å². The van der Waals surface area contributed by atoms with E-state index >= 15 is 0 Å². The molecule has 1 unspecified atom stereocenters. The van der Waals surface area contributed by atoms with E-state index in [9.17, 15) is 9.59 Å². The number of methoxy groups -OCH3 is 3. The van der Waals surface area contributed by atoms with Crippen LogP contribution in [0.2, 0.25) is 5.02 Å². The zero-order chi connectivity index (χ0) is 34.5. The van der Waals surface area contributed by atoms with Gasteiger partial charge in [-0.15, -0.1) is 0 Å². The first-order valence-electron chi connectivity index (χ1n) is 17.6. The number of fused-ring (bicyclic) bond motifs is 5. The van der Waals surface area contributed by atoms with Crippen molar-refractivity contribution in [2.24, 2.45) is 11.8 Å². The summed E-state index contributed by atoms with van der Waals surface area (Å²) in [5.74, 6) is 3.30. The number of hydrogen-bond donors (Lipinski definition) is 2. The number of ether oxygens (including phenoxy) is 3. The molecule has 0 radical (unpaired) electrons. The highest BCUT2D eigenvalue weighted by Gasteiger charge is 2.29. The van der Waals surface area contributed by atoms with E-state index in [-0.39, 0.29) is 24.2 Å². The first-order chi connectivity index (χ1) is 23.8. The first kappa shape index (κ1) is 35.1. The van der Waals surface area contributed by atoms with Crippen LogP contribution in [0.3, 0.4) is 0 Å². The van der Waals surface area contributed by atoms with Crippen LogP contribution < -0.4 is 24.4 Å². The van der Waals surface area contributed by atoms with E-state index in [1.54, 1.807) is 21.3 Å². The third kappa shape index (κ3) is 8.01. The van der Waals surface area contributed by atoms with Crippen molar-refractivity contribution in [1.29, 1.82) is 0 Å². The van der Waals surface area contributed by atoms with E-state index < -0.39 is 0 Å².